The van der Waals surface area contributed by atoms with E-state index >= 15 is 0 Å². The molecule has 0 saturated carbocycles. The zero-order chi connectivity index (χ0) is 21.2. The van der Waals surface area contributed by atoms with E-state index in [1.54, 1.807) is 9.12 Å². The normalized spacial score (nSPS) is 14.0. The van der Waals surface area contributed by atoms with Gasteiger partial charge in [0.1, 0.15) is 11.5 Å². The lowest BCUT2D eigenvalue weighted by atomic mass is 10.1. The average molecular weight is 546 g/mol. The Labute approximate surface area is 195 Å². The summed E-state index contributed by atoms with van der Waals surface area (Å²) in [7, 11) is 1.59. The first-order chi connectivity index (χ1) is 14.3. The molecule has 4 rings (SSSR count). The van der Waals surface area contributed by atoms with Crippen LogP contribution in [0.4, 0.5) is 0 Å². The minimum absolute atomic E-state index is 0.491. The van der Waals surface area contributed by atoms with Crippen LogP contribution in [0.1, 0.15) is 33.3 Å². The summed E-state index contributed by atoms with van der Waals surface area (Å²) in [4.78, 5) is 11.0. The SMILES string of the molecule is CC.CC.Clc1ncnc2c1cc(-c1ccc(CN3CCNCC3)cc1)n2SI. The Morgan fingerprint density at radius 1 is 1.07 bits per heavy atom. The third kappa shape index (κ3) is 6.07. The van der Waals surface area contributed by atoms with Crippen LogP contribution in [0.2, 0.25) is 5.15 Å². The molecule has 0 atom stereocenters. The molecule has 2 aromatic heterocycles. The summed E-state index contributed by atoms with van der Waals surface area (Å²) in [5, 5.41) is 4.77. The number of halogens is 2. The molecule has 1 fully saturated rings. The second kappa shape index (κ2) is 12.7. The molecule has 1 N–H and O–H groups in total. The smallest absolute Gasteiger partial charge is 0.156 e. The van der Waals surface area contributed by atoms with Gasteiger partial charge in [-0.25, -0.2) is 9.97 Å². The van der Waals surface area contributed by atoms with Crippen molar-refractivity contribution in [2.24, 2.45) is 0 Å². The summed E-state index contributed by atoms with van der Waals surface area (Å²) in [6, 6.07) is 10.8. The molecule has 1 saturated heterocycles. The summed E-state index contributed by atoms with van der Waals surface area (Å²) in [5.41, 5.74) is 4.43. The molecule has 0 aliphatic carbocycles. The molecule has 158 valence electrons. The van der Waals surface area contributed by atoms with Gasteiger partial charge in [0.05, 0.1) is 11.1 Å². The summed E-state index contributed by atoms with van der Waals surface area (Å²) < 4.78 is 2.09. The Bertz CT molecular complexity index is 879. The number of rotatable bonds is 4. The van der Waals surface area contributed by atoms with E-state index in [4.69, 9.17) is 11.6 Å². The quantitative estimate of drug-likeness (QED) is 0.319. The Morgan fingerprint density at radius 2 is 1.72 bits per heavy atom. The van der Waals surface area contributed by atoms with Gasteiger partial charge in [0.2, 0.25) is 0 Å². The molecule has 1 aliphatic rings. The van der Waals surface area contributed by atoms with Crippen molar-refractivity contribution < 1.29 is 0 Å². The number of aromatic nitrogens is 3. The number of hydrogen-bond donors (Lipinski definition) is 1. The van der Waals surface area contributed by atoms with Crippen LogP contribution in [0.5, 0.6) is 0 Å². The number of nitrogens with zero attached hydrogens (tertiary/aromatic N) is 4. The van der Waals surface area contributed by atoms with Gasteiger partial charge in [-0.2, -0.15) is 0 Å². The fourth-order valence-corrected chi connectivity index (χ4v) is 4.96. The van der Waals surface area contributed by atoms with Gasteiger partial charge < -0.3 is 5.32 Å². The van der Waals surface area contributed by atoms with E-state index in [1.165, 1.54) is 11.9 Å². The van der Waals surface area contributed by atoms with Crippen molar-refractivity contribution in [1.82, 2.24) is 24.2 Å². The first kappa shape index (κ1) is 24.4. The van der Waals surface area contributed by atoms with Gasteiger partial charge >= 0.3 is 0 Å². The van der Waals surface area contributed by atoms with Crippen LogP contribution < -0.4 is 5.32 Å². The predicted molar refractivity (Wildman–Crippen MR) is 136 cm³/mol. The van der Waals surface area contributed by atoms with Gasteiger partial charge in [-0.3, -0.25) is 8.87 Å². The molecule has 3 heterocycles. The van der Waals surface area contributed by atoms with Gasteiger partial charge in [0, 0.05) is 63.0 Å². The first-order valence-corrected chi connectivity index (χ1v) is 13.8. The van der Waals surface area contributed by atoms with Crippen LogP contribution in [0, 0.1) is 0 Å². The molecule has 0 unspecified atom stereocenters. The predicted octanol–water partition coefficient (Wildman–Crippen LogP) is 6.06. The molecule has 5 nitrogen and oxygen atoms in total. The van der Waals surface area contributed by atoms with Crippen molar-refractivity contribution in [3.8, 4) is 11.3 Å². The molecule has 1 aromatic carbocycles. The molecule has 29 heavy (non-hydrogen) atoms. The number of fused-ring (bicyclic) bond motifs is 1. The minimum atomic E-state index is 0.491. The zero-order valence-electron chi connectivity index (χ0n) is 17.5. The van der Waals surface area contributed by atoms with Crippen molar-refractivity contribution >= 4 is 53.0 Å². The van der Waals surface area contributed by atoms with E-state index in [2.05, 4.69) is 75.7 Å². The van der Waals surface area contributed by atoms with E-state index in [9.17, 15) is 0 Å². The molecule has 8 heteroatoms. The zero-order valence-corrected chi connectivity index (χ0v) is 21.2. The fraction of sp³-hybridized carbons (Fsp3) is 0.429. The minimum Gasteiger partial charge on any atom is -0.314 e. The third-order valence-corrected chi connectivity index (χ3v) is 6.43. The topological polar surface area (TPSA) is 46.0 Å². The van der Waals surface area contributed by atoms with Gasteiger partial charge in [-0.05, 0) is 17.2 Å². The van der Waals surface area contributed by atoms with Gasteiger partial charge in [-0.1, -0.05) is 63.6 Å². The Hall–Kier alpha value is -0.870. The highest BCUT2D eigenvalue weighted by Gasteiger charge is 2.15. The summed E-state index contributed by atoms with van der Waals surface area (Å²) >= 11 is 8.50. The first-order valence-electron chi connectivity index (χ1n) is 10.1. The van der Waals surface area contributed by atoms with Crippen molar-refractivity contribution in [1.29, 1.82) is 0 Å². The van der Waals surface area contributed by atoms with E-state index in [0.717, 1.165) is 55.0 Å². The summed E-state index contributed by atoms with van der Waals surface area (Å²) in [6.45, 7) is 13.4. The van der Waals surface area contributed by atoms with Crippen LogP contribution in [-0.2, 0) is 6.54 Å². The Balaban J connectivity index is 0.000000707. The number of nitrogens with one attached hydrogen (secondary N) is 1. The van der Waals surface area contributed by atoms with Crippen LogP contribution in [0.25, 0.3) is 22.3 Å². The molecule has 3 aromatic rings. The summed E-state index contributed by atoms with van der Waals surface area (Å²) in [6.07, 6.45) is 1.51. The molecular formula is C21H29ClIN5S. The van der Waals surface area contributed by atoms with Crippen LogP contribution in [0.3, 0.4) is 0 Å². The van der Waals surface area contributed by atoms with Crippen molar-refractivity contribution in [3.63, 3.8) is 0 Å². The molecule has 0 radical (unpaired) electrons. The van der Waals surface area contributed by atoms with Gasteiger partial charge in [0.25, 0.3) is 0 Å². The Kier molecular flexibility index (Phi) is 10.7. The average Bonchev–Trinajstić information content (AvgIpc) is 3.18. The monoisotopic (exact) mass is 545 g/mol. The highest BCUT2D eigenvalue weighted by atomic mass is 127. The van der Waals surface area contributed by atoms with E-state index in [0.29, 0.717) is 5.15 Å². The van der Waals surface area contributed by atoms with Gasteiger partial charge in [-0.15, -0.1) is 0 Å². The highest BCUT2D eigenvalue weighted by Crippen LogP contribution is 2.35. The van der Waals surface area contributed by atoms with Crippen molar-refractivity contribution in [2.75, 3.05) is 26.2 Å². The maximum Gasteiger partial charge on any atom is 0.156 e. The van der Waals surface area contributed by atoms with Crippen molar-refractivity contribution in [2.45, 2.75) is 34.2 Å². The van der Waals surface area contributed by atoms with Gasteiger partial charge in [0.15, 0.2) is 5.65 Å². The van der Waals surface area contributed by atoms with Crippen LogP contribution >= 0.6 is 41.9 Å². The number of benzene rings is 1. The van der Waals surface area contributed by atoms with Crippen molar-refractivity contribution in [3.05, 3.63) is 47.4 Å². The molecule has 0 bridgehead atoms. The fourth-order valence-electron chi connectivity index (χ4n) is 3.14. The lowest BCUT2D eigenvalue weighted by molar-refractivity contribution is 0.233. The van der Waals surface area contributed by atoms with E-state index < -0.39 is 0 Å². The maximum atomic E-state index is 6.23. The van der Waals surface area contributed by atoms with E-state index in [-0.39, 0.29) is 0 Å². The number of piperazine rings is 1. The lowest BCUT2D eigenvalue weighted by Crippen LogP contribution is -2.42. The van der Waals surface area contributed by atoms with Crippen LogP contribution in [0.15, 0.2) is 36.7 Å². The Morgan fingerprint density at radius 3 is 2.34 bits per heavy atom. The molecule has 0 spiro atoms. The standard InChI is InChI=1S/C17H17ClIN5S.2C2H6/c18-16-14-9-15(24(25-19)17(14)22-11-21-16)13-3-1-12(2-4-13)10-23-7-5-20-6-8-23;2*1-2/h1-4,9,11,20H,5-8,10H2;2*1-2H3. The lowest BCUT2D eigenvalue weighted by Gasteiger charge is -2.27. The third-order valence-electron chi connectivity index (χ3n) is 4.44. The van der Waals surface area contributed by atoms with Crippen LogP contribution in [-0.4, -0.2) is 45.0 Å². The second-order valence-electron chi connectivity index (χ2n) is 6.02. The number of hydrogen-bond acceptors (Lipinski definition) is 5. The largest absolute Gasteiger partial charge is 0.314 e. The molecule has 0 amide bonds. The molecule has 1 aliphatic heterocycles. The summed E-state index contributed by atoms with van der Waals surface area (Å²) in [5.74, 6) is 0. The molecular weight excluding hydrogens is 517 g/mol. The maximum absolute atomic E-state index is 6.23. The highest BCUT2D eigenvalue weighted by molar-refractivity contribution is 14.2. The van der Waals surface area contributed by atoms with E-state index in [1.807, 2.05) is 27.7 Å². The second-order valence-corrected chi connectivity index (χ2v) is 8.06.